The quantitative estimate of drug-likeness (QED) is 0.358. The Morgan fingerprint density at radius 1 is 1.14 bits per heavy atom. The lowest BCUT2D eigenvalue weighted by Gasteiger charge is -2.18. The molecule has 10 heteroatoms. The van der Waals surface area contributed by atoms with Crippen LogP contribution in [0, 0.1) is 33.8 Å². The lowest BCUT2D eigenvalue weighted by molar-refractivity contribution is -0.388. The first-order valence-corrected chi connectivity index (χ1v) is 8.81. The first-order valence-electron chi connectivity index (χ1n) is 8.81. The fourth-order valence-corrected chi connectivity index (χ4v) is 4.53. The molecule has 2 fully saturated rings. The molecule has 0 unspecified atom stereocenters. The van der Waals surface area contributed by atoms with Crippen LogP contribution in [0.3, 0.4) is 0 Å². The van der Waals surface area contributed by atoms with Crippen molar-refractivity contribution >= 4 is 23.2 Å². The van der Waals surface area contributed by atoms with E-state index in [1.54, 1.807) is 0 Å². The number of amides is 2. The normalized spacial score (nSPS) is 28.2. The molecule has 7 nitrogen and oxygen atoms in total. The monoisotopic (exact) mass is 395 g/mol. The lowest BCUT2D eigenvalue weighted by atomic mass is 9.85. The highest BCUT2D eigenvalue weighted by Crippen LogP contribution is 2.52. The van der Waals surface area contributed by atoms with Crippen LogP contribution in [0.5, 0.6) is 0 Å². The smallest absolute Gasteiger partial charge is 0.383 e. The first kappa shape index (κ1) is 18.5. The van der Waals surface area contributed by atoms with Crippen LogP contribution in [-0.2, 0) is 15.8 Å². The molecule has 1 aromatic rings. The number of halogens is 3. The Kier molecular flexibility index (Phi) is 4.16. The third-order valence-corrected chi connectivity index (χ3v) is 5.72. The maximum absolute atomic E-state index is 13.0. The second kappa shape index (κ2) is 6.32. The van der Waals surface area contributed by atoms with Gasteiger partial charge in [-0.15, -0.1) is 0 Å². The van der Waals surface area contributed by atoms with Crippen LogP contribution in [0.25, 0.3) is 0 Å². The van der Waals surface area contributed by atoms with Crippen LogP contribution in [0.2, 0.25) is 0 Å². The van der Waals surface area contributed by atoms with Crippen molar-refractivity contribution in [3.05, 3.63) is 46.0 Å². The first-order chi connectivity index (χ1) is 13.2. The van der Waals surface area contributed by atoms with Crippen LogP contribution < -0.4 is 5.32 Å². The van der Waals surface area contributed by atoms with Crippen molar-refractivity contribution in [3.8, 4) is 0 Å². The summed E-state index contributed by atoms with van der Waals surface area (Å²) in [5, 5.41) is 13.5. The van der Waals surface area contributed by atoms with Gasteiger partial charge in [-0.25, -0.2) is 0 Å². The molecule has 1 saturated carbocycles. The summed E-state index contributed by atoms with van der Waals surface area (Å²) in [7, 11) is 0. The van der Waals surface area contributed by atoms with Gasteiger partial charge in [-0.3, -0.25) is 24.6 Å². The molecule has 1 heterocycles. The van der Waals surface area contributed by atoms with E-state index in [2.05, 4.69) is 5.32 Å². The molecule has 28 heavy (non-hydrogen) atoms. The molecular weight excluding hydrogens is 379 g/mol. The Morgan fingerprint density at radius 3 is 2.29 bits per heavy atom. The van der Waals surface area contributed by atoms with E-state index in [0.717, 1.165) is 12.5 Å². The van der Waals surface area contributed by atoms with Gasteiger partial charge in [0.25, 0.3) is 5.69 Å². The van der Waals surface area contributed by atoms with E-state index in [-0.39, 0.29) is 54.3 Å². The van der Waals surface area contributed by atoms with Gasteiger partial charge >= 0.3 is 6.18 Å². The second-order valence-electron chi connectivity index (χ2n) is 7.24. The van der Waals surface area contributed by atoms with Crippen molar-refractivity contribution < 1.29 is 27.7 Å². The van der Waals surface area contributed by atoms with Crippen molar-refractivity contribution in [2.75, 3.05) is 18.4 Å². The number of nitrogens with zero attached hydrogens (tertiary/aromatic N) is 2. The molecule has 1 aliphatic heterocycles. The number of imide groups is 1. The molecule has 1 N–H and O–H groups in total. The van der Waals surface area contributed by atoms with Crippen molar-refractivity contribution in [2.45, 2.75) is 12.6 Å². The van der Waals surface area contributed by atoms with Gasteiger partial charge in [0, 0.05) is 24.8 Å². The van der Waals surface area contributed by atoms with Crippen LogP contribution >= 0.6 is 0 Å². The Bertz CT molecular complexity index is 869. The minimum absolute atomic E-state index is 0.0268. The number of nitro groups is 1. The van der Waals surface area contributed by atoms with E-state index in [9.17, 15) is 32.9 Å². The fourth-order valence-electron chi connectivity index (χ4n) is 4.53. The Morgan fingerprint density at radius 2 is 1.75 bits per heavy atom. The number of anilines is 1. The SMILES string of the molecule is O=C1[C@H]2[C@H](C(=O)N1CCNc1ccc([N+](=O)[O-])c(C(F)(F)F)c1)[C@H]1C=C[C@H]2C1. The molecule has 0 radical (unpaired) electrons. The molecule has 2 aliphatic carbocycles. The number of alkyl halides is 3. The van der Waals surface area contributed by atoms with Gasteiger partial charge in [0.2, 0.25) is 11.8 Å². The molecular formula is C18H16F3N3O4. The number of hydrogen-bond acceptors (Lipinski definition) is 5. The van der Waals surface area contributed by atoms with Crippen LogP contribution in [-0.4, -0.2) is 34.7 Å². The largest absolute Gasteiger partial charge is 0.423 e. The number of allylic oxidation sites excluding steroid dienone is 2. The lowest BCUT2D eigenvalue weighted by Crippen LogP contribution is -2.36. The highest BCUT2D eigenvalue weighted by Gasteiger charge is 2.58. The second-order valence-corrected chi connectivity index (χ2v) is 7.24. The average Bonchev–Trinajstić information content (AvgIpc) is 3.30. The van der Waals surface area contributed by atoms with Gasteiger partial charge in [-0.2, -0.15) is 13.2 Å². The van der Waals surface area contributed by atoms with E-state index in [4.69, 9.17) is 0 Å². The Hall–Kier alpha value is -2.91. The standard InChI is InChI=1S/C18H16F3N3O4/c19-18(20,21)12-8-11(3-4-13(12)24(27)28)22-5-6-23-16(25)14-9-1-2-10(7-9)15(14)17(23)26/h1-4,8-10,14-15,22H,5-7H2/t9-,10-,14+,15+/m0/s1. The number of benzene rings is 1. The average molecular weight is 395 g/mol. The molecule has 2 amide bonds. The maximum atomic E-state index is 13.0. The van der Waals surface area contributed by atoms with Gasteiger partial charge in [0.05, 0.1) is 16.8 Å². The number of likely N-dealkylation sites (tertiary alicyclic amines) is 1. The molecule has 1 saturated heterocycles. The highest BCUT2D eigenvalue weighted by atomic mass is 19.4. The van der Waals surface area contributed by atoms with E-state index in [1.165, 1.54) is 11.0 Å². The van der Waals surface area contributed by atoms with Gasteiger partial charge < -0.3 is 5.32 Å². The molecule has 3 aliphatic rings. The van der Waals surface area contributed by atoms with Crippen molar-refractivity contribution in [2.24, 2.45) is 23.7 Å². The zero-order valence-corrected chi connectivity index (χ0v) is 14.5. The number of rotatable bonds is 5. The van der Waals surface area contributed by atoms with Crippen LogP contribution in [0.15, 0.2) is 30.4 Å². The number of carbonyl (C=O) groups is 2. The topological polar surface area (TPSA) is 92.6 Å². The van der Waals surface area contributed by atoms with Crippen LogP contribution in [0.1, 0.15) is 12.0 Å². The van der Waals surface area contributed by atoms with Crippen LogP contribution in [0.4, 0.5) is 24.5 Å². The van der Waals surface area contributed by atoms with Gasteiger partial charge in [-0.05, 0) is 30.4 Å². The summed E-state index contributed by atoms with van der Waals surface area (Å²) >= 11 is 0. The Balaban J connectivity index is 1.43. The minimum atomic E-state index is -4.87. The third kappa shape index (κ3) is 2.83. The molecule has 4 rings (SSSR count). The van der Waals surface area contributed by atoms with Gasteiger partial charge in [0.15, 0.2) is 0 Å². The summed E-state index contributed by atoms with van der Waals surface area (Å²) in [6, 6.07) is 2.61. The van der Waals surface area contributed by atoms with E-state index in [0.29, 0.717) is 6.07 Å². The number of fused-ring (bicyclic) bond motifs is 5. The minimum Gasteiger partial charge on any atom is -0.383 e. The molecule has 0 spiro atoms. The zero-order valence-electron chi connectivity index (χ0n) is 14.5. The number of nitrogens with one attached hydrogen (secondary N) is 1. The van der Waals surface area contributed by atoms with E-state index >= 15 is 0 Å². The summed E-state index contributed by atoms with van der Waals surface area (Å²) in [6.07, 6.45) is -0.0881. The van der Waals surface area contributed by atoms with Gasteiger partial charge in [0.1, 0.15) is 5.56 Å². The summed E-state index contributed by atoms with van der Waals surface area (Å²) < 4.78 is 39.1. The molecule has 2 bridgehead atoms. The third-order valence-electron chi connectivity index (χ3n) is 5.72. The summed E-state index contributed by atoms with van der Waals surface area (Å²) in [5.41, 5.74) is -2.36. The van der Waals surface area contributed by atoms with E-state index < -0.39 is 22.4 Å². The number of nitro benzene ring substituents is 1. The maximum Gasteiger partial charge on any atom is 0.423 e. The zero-order chi connectivity index (χ0) is 20.2. The van der Waals surface area contributed by atoms with Crippen molar-refractivity contribution in [1.29, 1.82) is 0 Å². The summed E-state index contributed by atoms with van der Waals surface area (Å²) in [5.74, 6) is -0.916. The highest BCUT2D eigenvalue weighted by molar-refractivity contribution is 6.06. The number of carbonyl (C=O) groups excluding carboxylic acids is 2. The molecule has 0 aromatic heterocycles. The van der Waals surface area contributed by atoms with E-state index in [1.807, 2.05) is 12.2 Å². The predicted octanol–water partition coefficient (Wildman–Crippen LogP) is 2.83. The van der Waals surface area contributed by atoms with Crippen molar-refractivity contribution in [3.63, 3.8) is 0 Å². The molecule has 148 valence electrons. The molecule has 4 atom stereocenters. The summed E-state index contributed by atoms with van der Waals surface area (Å²) in [4.78, 5) is 36.0. The van der Waals surface area contributed by atoms with Gasteiger partial charge in [-0.1, -0.05) is 12.2 Å². The van der Waals surface area contributed by atoms with Crippen molar-refractivity contribution in [1.82, 2.24) is 4.90 Å². The number of hydrogen-bond donors (Lipinski definition) is 1. The predicted molar refractivity (Wildman–Crippen MR) is 91.0 cm³/mol. The molecule has 1 aromatic carbocycles. The summed E-state index contributed by atoms with van der Waals surface area (Å²) in [6.45, 7) is 0.0806. The fraction of sp³-hybridized carbons (Fsp3) is 0.444. The Labute approximate surface area is 157 Å².